The third kappa shape index (κ3) is 2.21. The number of rotatable bonds is 3. The van der Waals surface area contributed by atoms with Crippen LogP contribution in [0.1, 0.15) is 20.3 Å². The average molecular weight is 193 g/mol. The van der Waals surface area contributed by atoms with E-state index in [1.807, 2.05) is 13.8 Å². The number of hydrogen-bond acceptors (Lipinski definition) is 2. The van der Waals surface area contributed by atoms with E-state index in [0.29, 0.717) is 17.9 Å². The number of aliphatic carboxylic acids is 1. The van der Waals surface area contributed by atoms with Crippen molar-refractivity contribution in [1.29, 1.82) is 0 Å². The largest absolute Gasteiger partial charge is 0.487 e. The predicted octanol–water partition coefficient (Wildman–Crippen LogP) is 2.23. The smallest absolute Gasteiger partial charge is 0.398 e. The molecule has 2 N–H and O–H groups in total. The van der Waals surface area contributed by atoms with E-state index in [2.05, 4.69) is 5.73 Å². The third-order valence-corrected chi connectivity index (χ3v) is 1.90. The van der Waals surface area contributed by atoms with E-state index in [1.165, 1.54) is 6.08 Å². The number of aliphatic hydroxyl groups is 1. The molecule has 0 unspecified atom stereocenters. The van der Waals surface area contributed by atoms with Gasteiger partial charge < -0.3 is 10.2 Å². The monoisotopic (exact) mass is 193 g/mol. The first-order chi connectivity index (χ1) is 6.52. The fourth-order valence-corrected chi connectivity index (χ4v) is 1.29. The molecular formula is C11H13O3+. The first-order valence-electron chi connectivity index (χ1n) is 4.47. The van der Waals surface area contributed by atoms with Crippen LogP contribution in [0.25, 0.3) is 0 Å². The molecule has 1 rings (SSSR count). The lowest BCUT2D eigenvalue weighted by atomic mass is 9.93. The lowest BCUT2D eigenvalue weighted by molar-refractivity contribution is -0.134. The zero-order chi connectivity index (χ0) is 10.7. The molecule has 0 aromatic carbocycles. The second-order valence-electron chi connectivity index (χ2n) is 3.65. The summed E-state index contributed by atoms with van der Waals surface area (Å²) in [4.78, 5) is 10.7. The Morgan fingerprint density at radius 2 is 2.29 bits per heavy atom. The summed E-state index contributed by atoms with van der Waals surface area (Å²) < 4.78 is 0. The molecule has 0 heterocycles. The van der Waals surface area contributed by atoms with E-state index < -0.39 is 5.97 Å². The maximum Gasteiger partial charge on any atom is 0.398 e. The molecule has 0 saturated carbocycles. The number of carboxylic acid groups (broad SMARTS) is 1. The zero-order valence-corrected chi connectivity index (χ0v) is 8.24. The molecule has 3 nitrogen and oxygen atoms in total. The Kier molecular flexibility index (Phi) is 3.05. The van der Waals surface area contributed by atoms with Crippen LogP contribution in [0.3, 0.4) is 0 Å². The average Bonchev–Trinajstić information content (AvgIpc) is 2.07. The van der Waals surface area contributed by atoms with E-state index in [4.69, 9.17) is 5.11 Å². The van der Waals surface area contributed by atoms with Gasteiger partial charge in [0, 0.05) is 12.2 Å². The zero-order valence-electron chi connectivity index (χ0n) is 8.24. The summed E-state index contributed by atoms with van der Waals surface area (Å²) in [5, 5.41) is 18.4. The maximum atomic E-state index is 10.7. The highest BCUT2D eigenvalue weighted by molar-refractivity contribution is 5.90. The molecule has 0 radical (unpaired) electrons. The molecule has 0 fully saturated rings. The molecule has 1 aliphatic carbocycles. The Labute approximate surface area is 83.1 Å². The molecule has 0 aliphatic heterocycles. The molecule has 0 spiro atoms. The van der Waals surface area contributed by atoms with Crippen molar-refractivity contribution in [1.82, 2.24) is 0 Å². The summed E-state index contributed by atoms with van der Waals surface area (Å²) in [5.41, 5.74) is 3.36. The molecule has 1 aliphatic rings. The summed E-state index contributed by atoms with van der Waals surface area (Å²) in [6.45, 7) is 4.01. The molecule has 0 saturated heterocycles. The van der Waals surface area contributed by atoms with Crippen LogP contribution in [0.4, 0.5) is 0 Å². The fraction of sp³-hybridized carbons (Fsp3) is 0.364. The number of allylic oxidation sites excluding steroid dienone is 1. The Bertz CT molecular complexity index is 330. The number of carbonyl (C=O) groups is 1. The summed E-state index contributed by atoms with van der Waals surface area (Å²) in [6, 6.07) is 0. The van der Waals surface area contributed by atoms with Crippen molar-refractivity contribution in [3.8, 4) is 0 Å². The van der Waals surface area contributed by atoms with Gasteiger partial charge in [0.2, 0.25) is 11.7 Å². The quantitative estimate of drug-likeness (QED) is 0.533. The van der Waals surface area contributed by atoms with Crippen LogP contribution in [0.2, 0.25) is 0 Å². The van der Waals surface area contributed by atoms with E-state index >= 15 is 0 Å². The van der Waals surface area contributed by atoms with Gasteiger partial charge in [-0.3, -0.25) is 0 Å². The van der Waals surface area contributed by atoms with Crippen LogP contribution < -0.4 is 0 Å². The topological polar surface area (TPSA) is 57.5 Å². The number of aliphatic hydroxyl groups excluding tert-OH is 1. The van der Waals surface area contributed by atoms with Gasteiger partial charge >= 0.3 is 5.97 Å². The lowest BCUT2D eigenvalue weighted by Crippen LogP contribution is -2.14. The van der Waals surface area contributed by atoms with Crippen molar-refractivity contribution in [3.63, 3.8) is 0 Å². The van der Waals surface area contributed by atoms with Crippen LogP contribution in [-0.4, -0.2) is 16.2 Å². The Morgan fingerprint density at radius 1 is 1.64 bits per heavy atom. The predicted molar refractivity (Wildman–Crippen MR) is 52.6 cm³/mol. The minimum atomic E-state index is -1.12. The van der Waals surface area contributed by atoms with Gasteiger partial charge in [-0.1, -0.05) is 13.8 Å². The van der Waals surface area contributed by atoms with E-state index in [1.54, 1.807) is 6.08 Å². The van der Waals surface area contributed by atoms with Crippen molar-refractivity contribution in [2.45, 2.75) is 20.3 Å². The van der Waals surface area contributed by atoms with E-state index in [-0.39, 0.29) is 11.7 Å². The molecule has 0 bridgehead atoms. The van der Waals surface area contributed by atoms with Crippen LogP contribution in [0.5, 0.6) is 0 Å². The van der Waals surface area contributed by atoms with Crippen LogP contribution >= 0.6 is 0 Å². The second kappa shape index (κ2) is 4.07. The highest BCUT2D eigenvalue weighted by atomic mass is 16.4. The van der Waals surface area contributed by atoms with Gasteiger partial charge in [0.15, 0.2) is 0 Å². The molecule has 14 heavy (non-hydrogen) atoms. The molecule has 0 aromatic rings. The fourth-order valence-electron chi connectivity index (χ4n) is 1.29. The van der Waals surface area contributed by atoms with Crippen molar-refractivity contribution in [3.05, 3.63) is 35.1 Å². The molecule has 74 valence electrons. The summed E-state index contributed by atoms with van der Waals surface area (Å²) in [7, 11) is 0. The van der Waals surface area contributed by atoms with Crippen molar-refractivity contribution in [2.75, 3.05) is 0 Å². The highest BCUT2D eigenvalue weighted by Crippen LogP contribution is 2.25. The molecular weight excluding hydrogens is 180 g/mol. The van der Waals surface area contributed by atoms with Gasteiger partial charge in [-0.05, 0) is 5.92 Å². The van der Waals surface area contributed by atoms with Gasteiger partial charge in [-0.15, -0.1) is 0 Å². The first-order valence-corrected chi connectivity index (χ1v) is 4.47. The van der Waals surface area contributed by atoms with Crippen LogP contribution in [0.15, 0.2) is 29.2 Å². The Balaban J connectivity index is 2.94. The first kappa shape index (κ1) is 10.5. The maximum absolute atomic E-state index is 10.7. The number of hydrogen-bond donors (Lipinski definition) is 2. The molecule has 0 aromatic heterocycles. The van der Waals surface area contributed by atoms with Crippen LogP contribution in [0, 0.1) is 11.8 Å². The van der Waals surface area contributed by atoms with Gasteiger partial charge in [-0.25, -0.2) is 4.79 Å². The van der Waals surface area contributed by atoms with Crippen molar-refractivity contribution >= 4 is 5.97 Å². The summed E-state index contributed by atoms with van der Waals surface area (Å²) in [5.74, 6) is -0.962. The van der Waals surface area contributed by atoms with Gasteiger partial charge in [0.05, 0.1) is 0 Å². The summed E-state index contributed by atoms with van der Waals surface area (Å²) in [6.07, 6.45) is 3.56. The lowest BCUT2D eigenvalue weighted by Gasteiger charge is -2.06. The SMILES string of the molecule is CC(C)CC1=C(O)[C+](C(=O)O)C=C=C1. The third-order valence-electron chi connectivity index (χ3n) is 1.90. The highest BCUT2D eigenvalue weighted by Gasteiger charge is 2.33. The van der Waals surface area contributed by atoms with E-state index in [0.717, 1.165) is 0 Å². The Morgan fingerprint density at radius 3 is 2.79 bits per heavy atom. The Hall–Kier alpha value is -1.60. The standard InChI is InChI=1S/C11H12O3/c1-7(2)6-8-4-3-5-9(10(8)12)11(13)14/h4-5,7H,6H2,1-2H3,(H-,12,13,14)/p+1. The normalized spacial score (nSPS) is 15.5. The molecule has 0 atom stereocenters. The second-order valence-corrected chi connectivity index (χ2v) is 3.65. The van der Waals surface area contributed by atoms with Gasteiger partial charge in [0.25, 0.3) is 0 Å². The van der Waals surface area contributed by atoms with Crippen molar-refractivity contribution < 1.29 is 15.0 Å². The van der Waals surface area contributed by atoms with Gasteiger partial charge in [0.1, 0.15) is 17.7 Å². The van der Waals surface area contributed by atoms with Gasteiger partial charge in [-0.2, -0.15) is 0 Å². The minimum absolute atomic E-state index is 0.0804. The van der Waals surface area contributed by atoms with Crippen molar-refractivity contribution in [2.24, 2.45) is 5.92 Å². The minimum Gasteiger partial charge on any atom is -0.487 e. The summed E-state index contributed by atoms with van der Waals surface area (Å²) >= 11 is 0. The molecule has 3 heteroatoms. The van der Waals surface area contributed by atoms with Crippen LogP contribution in [-0.2, 0) is 4.79 Å². The number of carboxylic acids is 1. The van der Waals surface area contributed by atoms with E-state index in [9.17, 15) is 9.90 Å². The molecule has 0 amide bonds.